The first-order chi connectivity index (χ1) is 14.1. The van der Waals surface area contributed by atoms with Crippen molar-refractivity contribution >= 4 is 11.8 Å². The highest BCUT2D eigenvalue weighted by Gasteiger charge is 2.37. The third kappa shape index (κ3) is 5.16. The molecular formula is C23H34N4O2. The summed E-state index contributed by atoms with van der Waals surface area (Å²) >= 11 is 0. The predicted molar refractivity (Wildman–Crippen MR) is 112 cm³/mol. The number of likely N-dealkylation sites (tertiary alicyclic amines) is 2. The fourth-order valence-corrected chi connectivity index (χ4v) is 4.68. The number of carbonyl (C=O) groups excluding carboxylic acids is 2. The summed E-state index contributed by atoms with van der Waals surface area (Å²) in [5.74, 6) is 0.907. The van der Waals surface area contributed by atoms with Gasteiger partial charge in [-0.05, 0) is 63.1 Å². The van der Waals surface area contributed by atoms with Gasteiger partial charge in [-0.1, -0.05) is 13.0 Å². The van der Waals surface area contributed by atoms with Crippen LogP contribution in [-0.2, 0) is 22.6 Å². The van der Waals surface area contributed by atoms with E-state index < -0.39 is 0 Å². The standard InChI is InChI=1S/C23H34N4O2/c1-2-17-5-8-20(24-14-17)15-25-22(28)19-4-3-11-27(16-19)21-9-12-26(13-10-21)23(29)18-6-7-18/h5,8,14,18-19,21H,2-4,6-7,9-13,15-16H2,1H3,(H,25,28)/t19-/m1/s1. The summed E-state index contributed by atoms with van der Waals surface area (Å²) in [6.07, 6.45) is 9.16. The molecule has 6 nitrogen and oxygen atoms in total. The predicted octanol–water partition coefficient (Wildman–Crippen LogP) is 2.37. The summed E-state index contributed by atoms with van der Waals surface area (Å²) in [6.45, 7) is 6.29. The number of piperidine rings is 2. The van der Waals surface area contributed by atoms with Crippen LogP contribution in [0.15, 0.2) is 18.3 Å². The minimum absolute atomic E-state index is 0.0600. The highest BCUT2D eigenvalue weighted by atomic mass is 16.2. The molecule has 1 aromatic heterocycles. The third-order valence-electron chi connectivity index (χ3n) is 6.78. The topological polar surface area (TPSA) is 65.5 Å². The first kappa shape index (κ1) is 20.3. The molecule has 4 rings (SSSR count). The van der Waals surface area contributed by atoms with Gasteiger partial charge in [0.05, 0.1) is 18.2 Å². The number of hydrogen-bond acceptors (Lipinski definition) is 4. The highest BCUT2D eigenvalue weighted by Crippen LogP contribution is 2.32. The van der Waals surface area contributed by atoms with Crippen LogP contribution in [0.25, 0.3) is 0 Å². The number of nitrogens with one attached hydrogen (secondary N) is 1. The lowest BCUT2D eigenvalue weighted by atomic mass is 9.93. The maximum absolute atomic E-state index is 12.7. The van der Waals surface area contributed by atoms with Crippen LogP contribution in [0.3, 0.4) is 0 Å². The van der Waals surface area contributed by atoms with Crippen LogP contribution in [0.5, 0.6) is 0 Å². The van der Waals surface area contributed by atoms with Gasteiger partial charge in [0.1, 0.15) is 0 Å². The van der Waals surface area contributed by atoms with Crippen molar-refractivity contribution in [3.63, 3.8) is 0 Å². The molecule has 1 atom stereocenters. The molecule has 2 aliphatic heterocycles. The summed E-state index contributed by atoms with van der Waals surface area (Å²) in [6, 6.07) is 4.59. The lowest BCUT2D eigenvalue weighted by Crippen LogP contribution is -2.51. The molecule has 0 aromatic carbocycles. The van der Waals surface area contributed by atoms with E-state index in [2.05, 4.69) is 33.1 Å². The third-order valence-corrected chi connectivity index (χ3v) is 6.78. The van der Waals surface area contributed by atoms with Crippen LogP contribution in [0, 0.1) is 11.8 Å². The van der Waals surface area contributed by atoms with Gasteiger partial charge in [-0.25, -0.2) is 0 Å². The van der Waals surface area contributed by atoms with Crippen LogP contribution in [-0.4, -0.2) is 58.8 Å². The summed E-state index contributed by atoms with van der Waals surface area (Å²) in [5.41, 5.74) is 2.13. The average Bonchev–Trinajstić information content (AvgIpc) is 3.63. The molecule has 158 valence electrons. The molecule has 29 heavy (non-hydrogen) atoms. The molecule has 1 aromatic rings. The van der Waals surface area contributed by atoms with E-state index in [1.54, 1.807) is 0 Å². The summed E-state index contributed by atoms with van der Waals surface area (Å²) in [7, 11) is 0. The van der Waals surface area contributed by atoms with Crippen molar-refractivity contribution in [1.29, 1.82) is 0 Å². The zero-order chi connectivity index (χ0) is 20.2. The molecule has 3 heterocycles. The van der Waals surface area contributed by atoms with Crippen LogP contribution < -0.4 is 5.32 Å². The van der Waals surface area contributed by atoms with Crippen molar-refractivity contribution in [1.82, 2.24) is 20.1 Å². The Bertz CT molecular complexity index is 708. The SMILES string of the molecule is CCc1ccc(CNC(=O)[C@@H]2CCCN(C3CCN(C(=O)C4CC4)CC3)C2)nc1. The maximum Gasteiger partial charge on any atom is 0.225 e. The molecule has 1 N–H and O–H groups in total. The largest absolute Gasteiger partial charge is 0.350 e. The molecule has 0 unspecified atom stereocenters. The van der Waals surface area contributed by atoms with Gasteiger partial charge in [0.25, 0.3) is 0 Å². The number of rotatable bonds is 6. The summed E-state index contributed by atoms with van der Waals surface area (Å²) in [4.78, 5) is 34.0. The normalized spacial score (nSPS) is 23.8. The molecule has 0 spiro atoms. The van der Waals surface area contributed by atoms with Crippen molar-refractivity contribution < 1.29 is 9.59 Å². The summed E-state index contributed by atoms with van der Waals surface area (Å²) in [5, 5.41) is 3.09. The molecule has 1 saturated carbocycles. The maximum atomic E-state index is 12.7. The Morgan fingerprint density at radius 1 is 1.07 bits per heavy atom. The van der Waals surface area contributed by atoms with Gasteiger partial charge in [0, 0.05) is 37.8 Å². The number of aromatic nitrogens is 1. The Morgan fingerprint density at radius 3 is 2.52 bits per heavy atom. The first-order valence-corrected chi connectivity index (χ1v) is 11.4. The Hall–Kier alpha value is -1.95. The van der Waals surface area contributed by atoms with E-state index in [9.17, 15) is 9.59 Å². The number of nitrogens with zero attached hydrogens (tertiary/aromatic N) is 3. The number of carbonyl (C=O) groups is 2. The number of amides is 2. The van der Waals surface area contributed by atoms with Crippen LogP contribution in [0.1, 0.15) is 56.7 Å². The Kier molecular flexibility index (Phi) is 6.48. The lowest BCUT2D eigenvalue weighted by molar-refractivity contribution is -0.134. The molecule has 3 fully saturated rings. The second-order valence-corrected chi connectivity index (χ2v) is 8.89. The molecule has 0 bridgehead atoms. The van der Waals surface area contributed by atoms with Crippen molar-refractivity contribution in [2.45, 2.75) is 64.5 Å². The minimum Gasteiger partial charge on any atom is -0.350 e. The van der Waals surface area contributed by atoms with E-state index in [0.717, 1.165) is 76.8 Å². The number of hydrogen-bond donors (Lipinski definition) is 1. The van der Waals surface area contributed by atoms with Crippen LogP contribution >= 0.6 is 0 Å². The van der Waals surface area contributed by atoms with Gasteiger partial charge < -0.3 is 10.2 Å². The smallest absolute Gasteiger partial charge is 0.225 e. The monoisotopic (exact) mass is 398 g/mol. The molecule has 3 aliphatic rings. The van der Waals surface area contributed by atoms with E-state index in [4.69, 9.17) is 0 Å². The lowest BCUT2D eigenvalue weighted by Gasteiger charge is -2.42. The Balaban J connectivity index is 1.23. The van der Waals surface area contributed by atoms with Gasteiger partial charge >= 0.3 is 0 Å². The molecular weight excluding hydrogens is 364 g/mol. The second-order valence-electron chi connectivity index (χ2n) is 8.89. The summed E-state index contributed by atoms with van der Waals surface area (Å²) < 4.78 is 0. The van der Waals surface area contributed by atoms with Crippen LogP contribution in [0.2, 0.25) is 0 Å². The molecule has 2 amide bonds. The van der Waals surface area contributed by atoms with Crippen molar-refractivity contribution in [3.05, 3.63) is 29.6 Å². The quantitative estimate of drug-likeness (QED) is 0.799. The van der Waals surface area contributed by atoms with Crippen molar-refractivity contribution in [2.75, 3.05) is 26.2 Å². The Morgan fingerprint density at radius 2 is 1.86 bits per heavy atom. The van der Waals surface area contributed by atoms with Gasteiger partial charge in [-0.15, -0.1) is 0 Å². The highest BCUT2D eigenvalue weighted by molar-refractivity contribution is 5.81. The first-order valence-electron chi connectivity index (χ1n) is 11.4. The Labute approximate surface area is 174 Å². The number of pyridine rings is 1. The van der Waals surface area contributed by atoms with E-state index in [-0.39, 0.29) is 11.8 Å². The minimum atomic E-state index is 0.0600. The van der Waals surface area contributed by atoms with E-state index in [1.807, 2.05) is 12.3 Å². The van der Waals surface area contributed by atoms with E-state index in [0.29, 0.717) is 24.4 Å². The fraction of sp³-hybridized carbons (Fsp3) is 0.696. The molecule has 2 saturated heterocycles. The van der Waals surface area contributed by atoms with Crippen LogP contribution in [0.4, 0.5) is 0 Å². The van der Waals surface area contributed by atoms with Crippen molar-refractivity contribution in [3.8, 4) is 0 Å². The number of aryl methyl sites for hydroxylation is 1. The molecule has 0 radical (unpaired) electrons. The zero-order valence-electron chi connectivity index (χ0n) is 17.6. The van der Waals surface area contributed by atoms with Gasteiger partial charge in [-0.3, -0.25) is 19.5 Å². The van der Waals surface area contributed by atoms with E-state index in [1.165, 1.54) is 5.56 Å². The fourth-order valence-electron chi connectivity index (χ4n) is 4.68. The van der Waals surface area contributed by atoms with Gasteiger partial charge in [0.15, 0.2) is 0 Å². The second kappa shape index (κ2) is 9.24. The van der Waals surface area contributed by atoms with Crippen molar-refractivity contribution in [2.24, 2.45) is 11.8 Å². The van der Waals surface area contributed by atoms with E-state index >= 15 is 0 Å². The average molecular weight is 399 g/mol. The molecule has 6 heteroatoms. The van der Waals surface area contributed by atoms with Gasteiger partial charge in [-0.2, -0.15) is 0 Å². The zero-order valence-corrected chi connectivity index (χ0v) is 17.6. The molecule has 1 aliphatic carbocycles. The van der Waals surface area contributed by atoms with Gasteiger partial charge in [0.2, 0.25) is 11.8 Å².